The van der Waals surface area contributed by atoms with E-state index in [1.165, 1.54) is 0 Å². The zero-order chi connectivity index (χ0) is 12.0. The lowest BCUT2D eigenvalue weighted by molar-refractivity contribution is 0.0226. The Balaban J connectivity index is 2.57. The van der Waals surface area contributed by atoms with Crippen LogP contribution in [0.3, 0.4) is 0 Å². The number of halogens is 2. The van der Waals surface area contributed by atoms with E-state index in [2.05, 4.69) is 0 Å². The fourth-order valence-corrected chi connectivity index (χ4v) is 1.73. The molecule has 0 spiro atoms. The van der Waals surface area contributed by atoms with E-state index in [-0.39, 0.29) is 6.42 Å². The molecule has 1 nitrogen and oxygen atoms in total. The fraction of sp³-hybridized carbons (Fsp3) is 0.538. The molecule has 90 valence electrons. The van der Waals surface area contributed by atoms with Crippen molar-refractivity contribution >= 4 is 0 Å². The summed E-state index contributed by atoms with van der Waals surface area (Å²) in [5, 5.41) is 0. The van der Waals surface area contributed by atoms with E-state index in [0.717, 1.165) is 31.7 Å². The number of unbranched alkanes of at least 4 members (excludes halogenated alkanes) is 1. The molecule has 0 aromatic heterocycles. The zero-order valence-corrected chi connectivity index (χ0v) is 9.68. The molecule has 0 radical (unpaired) electrons. The van der Waals surface area contributed by atoms with E-state index in [9.17, 15) is 8.78 Å². The van der Waals surface area contributed by atoms with Crippen molar-refractivity contribution in [3.8, 4) is 0 Å². The van der Waals surface area contributed by atoms with E-state index in [4.69, 9.17) is 5.73 Å². The maximum Gasteiger partial charge on any atom is 0.249 e. The SMILES string of the molecule is CC(F)(F)Cc1cccc(CCCCN)c1. The Morgan fingerprint density at radius 2 is 1.88 bits per heavy atom. The lowest BCUT2D eigenvalue weighted by Gasteiger charge is -2.11. The predicted molar refractivity (Wildman–Crippen MR) is 62.8 cm³/mol. The van der Waals surface area contributed by atoms with Crippen LogP contribution in [-0.4, -0.2) is 12.5 Å². The van der Waals surface area contributed by atoms with Crippen molar-refractivity contribution in [3.63, 3.8) is 0 Å². The molecule has 0 unspecified atom stereocenters. The summed E-state index contributed by atoms with van der Waals surface area (Å²) in [6.45, 7) is 1.64. The molecule has 0 aliphatic rings. The highest BCUT2D eigenvalue weighted by Crippen LogP contribution is 2.20. The Labute approximate surface area is 95.7 Å². The molecular formula is C13H19F2N. The maximum absolute atomic E-state index is 12.8. The van der Waals surface area contributed by atoms with Crippen LogP contribution in [0.25, 0.3) is 0 Å². The molecule has 0 aliphatic heterocycles. The van der Waals surface area contributed by atoms with E-state index in [0.29, 0.717) is 12.1 Å². The second-order valence-electron chi connectivity index (χ2n) is 4.31. The van der Waals surface area contributed by atoms with Gasteiger partial charge in [0.2, 0.25) is 5.92 Å². The second kappa shape index (κ2) is 5.94. The van der Waals surface area contributed by atoms with Gasteiger partial charge in [0.25, 0.3) is 0 Å². The van der Waals surface area contributed by atoms with Crippen LogP contribution in [0.1, 0.15) is 30.9 Å². The zero-order valence-electron chi connectivity index (χ0n) is 9.68. The summed E-state index contributed by atoms with van der Waals surface area (Å²) in [7, 11) is 0. The Morgan fingerprint density at radius 1 is 1.19 bits per heavy atom. The van der Waals surface area contributed by atoms with Gasteiger partial charge in [-0.15, -0.1) is 0 Å². The van der Waals surface area contributed by atoms with Gasteiger partial charge in [0.05, 0.1) is 0 Å². The highest BCUT2D eigenvalue weighted by atomic mass is 19.3. The number of hydrogen-bond donors (Lipinski definition) is 1. The molecular weight excluding hydrogens is 208 g/mol. The van der Waals surface area contributed by atoms with Crippen LogP contribution < -0.4 is 5.73 Å². The Kier molecular flexibility index (Phi) is 4.87. The molecule has 2 N–H and O–H groups in total. The summed E-state index contributed by atoms with van der Waals surface area (Å²) >= 11 is 0. The molecule has 1 aromatic carbocycles. The molecule has 0 bridgehead atoms. The molecule has 0 atom stereocenters. The van der Waals surface area contributed by atoms with Gasteiger partial charge in [-0.3, -0.25) is 0 Å². The molecule has 0 fully saturated rings. The molecule has 0 aliphatic carbocycles. The van der Waals surface area contributed by atoms with Crippen LogP contribution in [0.4, 0.5) is 8.78 Å². The number of hydrogen-bond acceptors (Lipinski definition) is 1. The highest BCUT2D eigenvalue weighted by molar-refractivity contribution is 5.24. The minimum Gasteiger partial charge on any atom is -0.330 e. The molecule has 1 rings (SSSR count). The first kappa shape index (κ1) is 13.1. The first-order chi connectivity index (χ1) is 7.51. The minimum absolute atomic E-state index is 0.183. The average Bonchev–Trinajstić information content (AvgIpc) is 2.16. The first-order valence-electron chi connectivity index (χ1n) is 5.67. The van der Waals surface area contributed by atoms with E-state index < -0.39 is 5.92 Å². The smallest absolute Gasteiger partial charge is 0.249 e. The van der Waals surface area contributed by atoms with Gasteiger partial charge in [-0.1, -0.05) is 24.3 Å². The molecule has 0 saturated heterocycles. The van der Waals surface area contributed by atoms with Gasteiger partial charge >= 0.3 is 0 Å². The summed E-state index contributed by atoms with van der Waals surface area (Å²) in [5.74, 6) is -2.63. The van der Waals surface area contributed by atoms with Crippen LogP contribution in [0.15, 0.2) is 24.3 Å². The lowest BCUT2D eigenvalue weighted by Crippen LogP contribution is -2.13. The van der Waals surface area contributed by atoms with Crippen LogP contribution >= 0.6 is 0 Å². The van der Waals surface area contributed by atoms with Crippen molar-refractivity contribution in [2.24, 2.45) is 5.73 Å². The Bertz CT molecular complexity index is 318. The second-order valence-corrected chi connectivity index (χ2v) is 4.31. The number of alkyl halides is 2. The number of aryl methyl sites for hydroxylation is 1. The third-order valence-electron chi connectivity index (χ3n) is 2.43. The van der Waals surface area contributed by atoms with Crippen LogP contribution in [-0.2, 0) is 12.8 Å². The summed E-state index contributed by atoms with van der Waals surface area (Å²) in [6, 6.07) is 7.45. The monoisotopic (exact) mass is 227 g/mol. The third kappa shape index (κ3) is 5.21. The fourth-order valence-electron chi connectivity index (χ4n) is 1.73. The topological polar surface area (TPSA) is 26.0 Å². The molecule has 0 amide bonds. The predicted octanol–water partition coefficient (Wildman–Crippen LogP) is 3.17. The largest absolute Gasteiger partial charge is 0.330 e. The summed E-state index contributed by atoms with van der Waals surface area (Å²) < 4.78 is 25.7. The van der Waals surface area contributed by atoms with Crippen molar-refractivity contribution in [3.05, 3.63) is 35.4 Å². The molecule has 0 saturated carbocycles. The van der Waals surface area contributed by atoms with Gasteiger partial charge in [-0.25, -0.2) is 8.78 Å². The summed E-state index contributed by atoms with van der Waals surface area (Å²) in [6.07, 6.45) is 2.73. The Hall–Kier alpha value is -0.960. The third-order valence-corrected chi connectivity index (χ3v) is 2.43. The molecule has 16 heavy (non-hydrogen) atoms. The number of nitrogens with two attached hydrogens (primary N) is 1. The van der Waals surface area contributed by atoms with Gasteiger partial charge in [0.15, 0.2) is 0 Å². The quantitative estimate of drug-likeness (QED) is 0.742. The lowest BCUT2D eigenvalue weighted by atomic mass is 10.0. The van der Waals surface area contributed by atoms with Crippen LogP contribution in [0.2, 0.25) is 0 Å². The van der Waals surface area contributed by atoms with Gasteiger partial charge in [0.1, 0.15) is 0 Å². The minimum atomic E-state index is -2.63. The van der Waals surface area contributed by atoms with E-state index >= 15 is 0 Å². The molecule has 0 heterocycles. The molecule has 1 aromatic rings. The van der Waals surface area contributed by atoms with Crippen molar-refractivity contribution < 1.29 is 8.78 Å². The van der Waals surface area contributed by atoms with Crippen molar-refractivity contribution in [1.82, 2.24) is 0 Å². The average molecular weight is 227 g/mol. The standard InChI is InChI=1S/C13H19F2N/c1-13(14,15)10-12-7-4-6-11(9-12)5-2-3-8-16/h4,6-7,9H,2-3,5,8,10,16H2,1H3. The normalized spacial score (nSPS) is 11.8. The van der Waals surface area contributed by atoms with Crippen molar-refractivity contribution in [2.45, 2.75) is 38.5 Å². The van der Waals surface area contributed by atoms with Gasteiger partial charge in [0, 0.05) is 6.42 Å². The highest BCUT2D eigenvalue weighted by Gasteiger charge is 2.21. The molecule has 3 heteroatoms. The summed E-state index contributed by atoms with van der Waals surface area (Å²) in [5.41, 5.74) is 7.23. The van der Waals surface area contributed by atoms with Crippen molar-refractivity contribution in [2.75, 3.05) is 6.54 Å². The maximum atomic E-state index is 12.8. The van der Waals surface area contributed by atoms with Gasteiger partial charge in [-0.05, 0) is 43.9 Å². The van der Waals surface area contributed by atoms with Crippen LogP contribution in [0.5, 0.6) is 0 Å². The van der Waals surface area contributed by atoms with E-state index in [1.807, 2.05) is 18.2 Å². The number of benzene rings is 1. The van der Waals surface area contributed by atoms with Crippen LogP contribution in [0, 0.1) is 0 Å². The van der Waals surface area contributed by atoms with Gasteiger partial charge < -0.3 is 5.73 Å². The Morgan fingerprint density at radius 3 is 2.50 bits per heavy atom. The summed E-state index contributed by atoms with van der Waals surface area (Å²) in [4.78, 5) is 0. The first-order valence-corrected chi connectivity index (χ1v) is 5.67. The van der Waals surface area contributed by atoms with Crippen molar-refractivity contribution in [1.29, 1.82) is 0 Å². The van der Waals surface area contributed by atoms with Gasteiger partial charge in [-0.2, -0.15) is 0 Å². The van der Waals surface area contributed by atoms with E-state index in [1.54, 1.807) is 6.07 Å². The number of rotatable bonds is 6.